The molecule has 0 N–H and O–H groups in total. The predicted molar refractivity (Wildman–Crippen MR) is 78.3 cm³/mol. The summed E-state index contributed by atoms with van der Waals surface area (Å²) < 4.78 is 10.4. The Morgan fingerprint density at radius 1 is 1.32 bits per heavy atom. The normalized spacial score (nSPS) is 16.4. The fourth-order valence-corrected chi connectivity index (χ4v) is 2.42. The van der Waals surface area contributed by atoms with Gasteiger partial charge in [0.2, 0.25) is 5.89 Å². The van der Waals surface area contributed by atoms with Crippen LogP contribution in [0, 0.1) is 0 Å². The van der Waals surface area contributed by atoms with Gasteiger partial charge in [-0.05, 0) is 12.1 Å². The quantitative estimate of drug-likeness (QED) is 0.856. The summed E-state index contributed by atoms with van der Waals surface area (Å²) in [5, 5.41) is 3.97. The lowest BCUT2D eigenvalue weighted by Gasteiger charge is -2.33. The molecule has 1 saturated heterocycles. The Morgan fingerprint density at radius 2 is 2.09 bits per heavy atom. The van der Waals surface area contributed by atoms with Crippen LogP contribution >= 0.6 is 0 Å². The van der Waals surface area contributed by atoms with Crippen molar-refractivity contribution in [2.24, 2.45) is 0 Å². The molecule has 3 heterocycles. The molecule has 2 aromatic rings. The molecule has 1 amide bonds. The lowest BCUT2D eigenvalue weighted by Crippen LogP contribution is -2.48. The SMILES string of the molecule is CC(C)c1noc(CN2CCN(C(=O)c3ccco3)CC2)n1. The van der Waals surface area contributed by atoms with Crippen LogP contribution in [0.4, 0.5) is 0 Å². The Morgan fingerprint density at radius 3 is 2.68 bits per heavy atom. The molecule has 118 valence electrons. The number of aromatic nitrogens is 2. The van der Waals surface area contributed by atoms with Crippen molar-refractivity contribution in [3.8, 4) is 0 Å². The van der Waals surface area contributed by atoms with Crippen molar-refractivity contribution in [2.75, 3.05) is 26.2 Å². The molecule has 2 aromatic heterocycles. The molecular formula is C15H20N4O3. The van der Waals surface area contributed by atoms with E-state index in [-0.39, 0.29) is 11.8 Å². The molecule has 22 heavy (non-hydrogen) atoms. The van der Waals surface area contributed by atoms with Gasteiger partial charge >= 0.3 is 0 Å². The Kier molecular flexibility index (Phi) is 4.24. The molecule has 1 aliphatic rings. The number of hydrogen-bond donors (Lipinski definition) is 0. The Bertz CT molecular complexity index is 613. The molecule has 0 saturated carbocycles. The fourth-order valence-electron chi connectivity index (χ4n) is 2.42. The summed E-state index contributed by atoms with van der Waals surface area (Å²) in [6.07, 6.45) is 1.52. The second-order valence-corrected chi connectivity index (χ2v) is 5.75. The summed E-state index contributed by atoms with van der Waals surface area (Å²) in [6.45, 7) is 7.61. The third-order valence-corrected chi connectivity index (χ3v) is 3.75. The highest BCUT2D eigenvalue weighted by Gasteiger charge is 2.24. The van der Waals surface area contributed by atoms with E-state index in [1.165, 1.54) is 6.26 Å². The number of carbonyl (C=O) groups excluding carboxylic acids is 1. The second kappa shape index (κ2) is 6.31. The lowest BCUT2D eigenvalue weighted by atomic mass is 10.2. The van der Waals surface area contributed by atoms with Crippen LogP contribution < -0.4 is 0 Å². The number of furan rings is 1. The van der Waals surface area contributed by atoms with Gasteiger partial charge in [-0.2, -0.15) is 4.98 Å². The van der Waals surface area contributed by atoms with Gasteiger partial charge in [0.05, 0.1) is 12.8 Å². The van der Waals surface area contributed by atoms with Crippen molar-refractivity contribution >= 4 is 5.91 Å². The highest BCUT2D eigenvalue weighted by Crippen LogP contribution is 2.13. The summed E-state index contributed by atoms with van der Waals surface area (Å²) in [4.78, 5) is 20.6. The van der Waals surface area contributed by atoms with Crippen molar-refractivity contribution in [3.63, 3.8) is 0 Å². The van der Waals surface area contributed by atoms with E-state index in [9.17, 15) is 4.79 Å². The molecule has 1 aliphatic heterocycles. The largest absolute Gasteiger partial charge is 0.459 e. The minimum Gasteiger partial charge on any atom is -0.459 e. The first-order valence-electron chi connectivity index (χ1n) is 7.51. The molecule has 3 rings (SSSR count). The highest BCUT2D eigenvalue weighted by atomic mass is 16.5. The molecule has 7 nitrogen and oxygen atoms in total. The topological polar surface area (TPSA) is 75.6 Å². The maximum absolute atomic E-state index is 12.2. The zero-order chi connectivity index (χ0) is 15.5. The summed E-state index contributed by atoms with van der Waals surface area (Å²) in [7, 11) is 0. The molecule has 0 unspecified atom stereocenters. The minimum atomic E-state index is -0.0514. The standard InChI is InChI=1S/C15H20N4O3/c1-11(2)14-16-13(22-17-14)10-18-5-7-19(8-6-18)15(20)12-4-3-9-21-12/h3-4,9,11H,5-8,10H2,1-2H3. The van der Waals surface area contributed by atoms with Gasteiger partial charge in [-0.1, -0.05) is 19.0 Å². The van der Waals surface area contributed by atoms with Gasteiger partial charge in [-0.25, -0.2) is 0 Å². The average molecular weight is 304 g/mol. The molecule has 0 spiro atoms. The summed E-state index contributed by atoms with van der Waals surface area (Å²) in [5.41, 5.74) is 0. The number of nitrogens with zero attached hydrogens (tertiary/aromatic N) is 4. The summed E-state index contributed by atoms with van der Waals surface area (Å²) >= 11 is 0. The van der Waals surface area contributed by atoms with Crippen molar-refractivity contribution in [3.05, 3.63) is 35.9 Å². The van der Waals surface area contributed by atoms with E-state index in [4.69, 9.17) is 8.94 Å². The number of piperazine rings is 1. The van der Waals surface area contributed by atoms with Crippen LogP contribution in [-0.2, 0) is 6.54 Å². The minimum absolute atomic E-state index is 0.0514. The van der Waals surface area contributed by atoms with E-state index in [0.29, 0.717) is 31.3 Å². The van der Waals surface area contributed by atoms with Gasteiger partial charge in [0, 0.05) is 32.1 Å². The van der Waals surface area contributed by atoms with Crippen molar-refractivity contribution in [2.45, 2.75) is 26.3 Å². The maximum Gasteiger partial charge on any atom is 0.289 e. The third-order valence-electron chi connectivity index (χ3n) is 3.75. The van der Waals surface area contributed by atoms with Crippen LogP contribution in [0.1, 0.15) is 42.0 Å². The van der Waals surface area contributed by atoms with E-state index in [1.54, 1.807) is 12.1 Å². The number of amides is 1. The van der Waals surface area contributed by atoms with Crippen LogP contribution in [0.25, 0.3) is 0 Å². The van der Waals surface area contributed by atoms with Crippen LogP contribution in [0.2, 0.25) is 0 Å². The van der Waals surface area contributed by atoms with Crippen LogP contribution in [-0.4, -0.2) is 52.0 Å². The molecule has 0 radical (unpaired) electrons. The Hall–Kier alpha value is -2.15. The predicted octanol–water partition coefficient (Wildman–Crippen LogP) is 1.74. The van der Waals surface area contributed by atoms with Gasteiger partial charge in [-0.3, -0.25) is 9.69 Å². The summed E-state index contributed by atoms with van der Waals surface area (Å²) in [6, 6.07) is 3.42. The molecule has 7 heteroatoms. The van der Waals surface area contributed by atoms with Crippen molar-refractivity contribution < 1.29 is 13.7 Å². The Labute approximate surface area is 128 Å². The number of rotatable bonds is 4. The van der Waals surface area contributed by atoms with E-state index in [2.05, 4.69) is 15.0 Å². The van der Waals surface area contributed by atoms with Crippen LogP contribution in [0.3, 0.4) is 0 Å². The molecule has 0 aromatic carbocycles. The fraction of sp³-hybridized carbons (Fsp3) is 0.533. The zero-order valence-electron chi connectivity index (χ0n) is 12.9. The molecule has 0 bridgehead atoms. The van der Waals surface area contributed by atoms with Gasteiger partial charge in [-0.15, -0.1) is 0 Å². The van der Waals surface area contributed by atoms with Gasteiger partial charge in [0.15, 0.2) is 11.6 Å². The Balaban J connectivity index is 1.52. The molecule has 0 atom stereocenters. The van der Waals surface area contributed by atoms with E-state index in [0.717, 1.165) is 18.9 Å². The van der Waals surface area contributed by atoms with Gasteiger partial charge in [0.25, 0.3) is 5.91 Å². The van der Waals surface area contributed by atoms with Crippen molar-refractivity contribution in [1.82, 2.24) is 19.9 Å². The average Bonchev–Trinajstić information content (AvgIpc) is 3.19. The zero-order valence-corrected chi connectivity index (χ0v) is 12.9. The van der Waals surface area contributed by atoms with Crippen LogP contribution in [0.5, 0.6) is 0 Å². The summed E-state index contributed by atoms with van der Waals surface area (Å²) in [5.74, 6) is 1.98. The molecule has 0 aliphatic carbocycles. The van der Waals surface area contributed by atoms with Crippen molar-refractivity contribution in [1.29, 1.82) is 0 Å². The third kappa shape index (κ3) is 3.19. The molecule has 1 fully saturated rings. The molecular weight excluding hydrogens is 284 g/mol. The first kappa shape index (κ1) is 14.8. The smallest absolute Gasteiger partial charge is 0.289 e. The monoisotopic (exact) mass is 304 g/mol. The first-order valence-corrected chi connectivity index (χ1v) is 7.51. The number of carbonyl (C=O) groups is 1. The first-order chi connectivity index (χ1) is 10.6. The number of hydrogen-bond acceptors (Lipinski definition) is 6. The van der Waals surface area contributed by atoms with E-state index < -0.39 is 0 Å². The van der Waals surface area contributed by atoms with E-state index >= 15 is 0 Å². The maximum atomic E-state index is 12.2. The highest BCUT2D eigenvalue weighted by molar-refractivity contribution is 5.91. The van der Waals surface area contributed by atoms with Gasteiger partial charge in [0.1, 0.15) is 0 Å². The second-order valence-electron chi connectivity index (χ2n) is 5.75. The van der Waals surface area contributed by atoms with Gasteiger partial charge < -0.3 is 13.8 Å². The lowest BCUT2D eigenvalue weighted by molar-refractivity contribution is 0.0585. The van der Waals surface area contributed by atoms with E-state index in [1.807, 2.05) is 18.7 Å². The van der Waals surface area contributed by atoms with Crippen LogP contribution in [0.15, 0.2) is 27.3 Å².